The van der Waals surface area contributed by atoms with Crippen LogP contribution in [0.3, 0.4) is 0 Å². The van der Waals surface area contributed by atoms with Crippen LogP contribution < -0.4 is 14.8 Å². The van der Waals surface area contributed by atoms with Crippen LogP contribution in [0, 0.1) is 0 Å². The first-order valence-electron chi connectivity index (χ1n) is 7.48. The minimum Gasteiger partial charge on any atom is -0.494 e. The second kappa shape index (κ2) is 6.19. The van der Waals surface area contributed by atoms with Crippen LogP contribution in [0.15, 0.2) is 48.5 Å². The summed E-state index contributed by atoms with van der Waals surface area (Å²) in [6.07, 6.45) is 0. The number of rotatable bonds is 5. The first-order valence-corrected chi connectivity index (χ1v) is 7.48. The van der Waals surface area contributed by atoms with Crippen molar-refractivity contribution < 1.29 is 9.47 Å². The molecule has 0 saturated heterocycles. The maximum absolute atomic E-state index is 5.72. The van der Waals surface area contributed by atoms with Crippen molar-refractivity contribution in [1.29, 1.82) is 0 Å². The molecule has 0 aliphatic carbocycles. The lowest BCUT2D eigenvalue weighted by atomic mass is 10.0. The van der Waals surface area contributed by atoms with Crippen molar-refractivity contribution in [1.82, 2.24) is 5.32 Å². The maximum Gasteiger partial charge on any atom is 0.124 e. The molecule has 3 nitrogen and oxygen atoms in total. The number of hydrogen-bond acceptors (Lipinski definition) is 3. The molecule has 3 rings (SSSR count). The third-order valence-corrected chi connectivity index (χ3v) is 3.84. The zero-order valence-corrected chi connectivity index (χ0v) is 12.5. The van der Waals surface area contributed by atoms with Crippen molar-refractivity contribution in [3.8, 4) is 11.5 Å². The maximum atomic E-state index is 5.72. The van der Waals surface area contributed by atoms with E-state index < -0.39 is 0 Å². The van der Waals surface area contributed by atoms with Crippen molar-refractivity contribution in [3.63, 3.8) is 0 Å². The molecule has 2 atom stereocenters. The molecule has 0 radical (unpaired) electrons. The Hall–Kier alpha value is -2.00. The summed E-state index contributed by atoms with van der Waals surface area (Å²) in [6.45, 7) is 5.57. The summed E-state index contributed by atoms with van der Waals surface area (Å²) in [4.78, 5) is 0. The summed E-state index contributed by atoms with van der Waals surface area (Å²) < 4.78 is 11.2. The molecule has 1 heterocycles. The molecule has 1 aliphatic heterocycles. The van der Waals surface area contributed by atoms with Gasteiger partial charge in [-0.15, -0.1) is 0 Å². The third-order valence-electron chi connectivity index (χ3n) is 3.84. The Morgan fingerprint density at radius 2 is 1.95 bits per heavy atom. The standard InChI is InChI=1S/C18H21NO2/c1-3-20-15-10-8-14(9-11-15)13(2)19-17-12-21-18-7-5-4-6-16(17)18/h4-11,13,17,19H,3,12H2,1-2H3. The average molecular weight is 283 g/mol. The fraction of sp³-hybridized carbons (Fsp3) is 0.333. The van der Waals surface area contributed by atoms with Crippen LogP contribution >= 0.6 is 0 Å². The Kier molecular flexibility index (Phi) is 4.11. The first-order chi connectivity index (χ1) is 10.3. The monoisotopic (exact) mass is 283 g/mol. The number of nitrogens with one attached hydrogen (secondary N) is 1. The summed E-state index contributed by atoms with van der Waals surface area (Å²) in [5.74, 6) is 1.91. The van der Waals surface area contributed by atoms with Gasteiger partial charge >= 0.3 is 0 Å². The van der Waals surface area contributed by atoms with Crippen LogP contribution in [0.5, 0.6) is 11.5 Å². The summed E-state index contributed by atoms with van der Waals surface area (Å²) in [5, 5.41) is 3.64. The van der Waals surface area contributed by atoms with Gasteiger partial charge in [0.2, 0.25) is 0 Å². The summed E-state index contributed by atoms with van der Waals surface area (Å²) >= 11 is 0. The molecular weight excluding hydrogens is 262 g/mol. The van der Waals surface area contributed by atoms with Crippen LogP contribution in [0.2, 0.25) is 0 Å². The molecule has 0 bridgehead atoms. The molecule has 0 spiro atoms. The zero-order valence-electron chi connectivity index (χ0n) is 12.5. The van der Waals surface area contributed by atoms with E-state index in [0.29, 0.717) is 13.2 Å². The molecule has 2 aromatic rings. The molecule has 1 aliphatic rings. The lowest BCUT2D eigenvalue weighted by Gasteiger charge is -2.19. The van der Waals surface area contributed by atoms with E-state index in [2.05, 4.69) is 36.5 Å². The smallest absolute Gasteiger partial charge is 0.124 e. The summed E-state index contributed by atoms with van der Waals surface area (Å²) in [5.41, 5.74) is 2.50. The van der Waals surface area contributed by atoms with Crippen molar-refractivity contribution in [3.05, 3.63) is 59.7 Å². The van der Waals surface area contributed by atoms with Gasteiger partial charge in [0.25, 0.3) is 0 Å². The molecule has 3 heteroatoms. The van der Waals surface area contributed by atoms with Crippen LogP contribution in [-0.4, -0.2) is 13.2 Å². The Morgan fingerprint density at radius 3 is 2.71 bits per heavy atom. The van der Waals surface area contributed by atoms with E-state index in [-0.39, 0.29) is 12.1 Å². The van der Waals surface area contributed by atoms with Crippen LogP contribution in [0.1, 0.15) is 37.1 Å². The minimum absolute atomic E-state index is 0.253. The van der Waals surface area contributed by atoms with Gasteiger partial charge in [0.1, 0.15) is 18.1 Å². The molecule has 2 unspecified atom stereocenters. The van der Waals surface area contributed by atoms with E-state index in [1.807, 2.05) is 31.2 Å². The van der Waals surface area contributed by atoms with E-state index in [0.717, 1.165) is 11.5 Å². The molecular formula is C18H21NO2. The normalized spacial score (nSPS) is 17.9. The van der Waals surface area contributed by atoms with E-state index in [4.69, 9.17) is 9.47 Å². The number of hydrogen-bond donors (Lipinski definition) is 1. The molecule has 110 valence electrons. The third kappa shape index (κ3) is 3.03. The van der Waals surface area contributed by atoms with Crippen LogP contribution in [0.4, 0.5) is 0 Å². The fourth-order valence-corrected chi connectivity index (χ4v) is 2.72. The van der Waals surface area contributed by atoms with E-state index in [9.17, 15) is 0 Å². The van der Waals surface area contributed by atoms with Crippen molar-refractivity contribution in [2.45, 2.75) is 25.9 Å². The zero-order chi connectivity index (χ0) is 14.7. The number of fused-ring (bicyclic) bond motifs is 1. The number of ether oxygens (including phenoxy) is 2. The molecule has 21 heavy (non-hydrogen) atoms. The highest BCUT2D eigenvalue weighted by Crippen LogP contribution is 2.33. The summed E-state index contributed by atoms with van der Waals surface area (Å²) in [6, 6.07) is 17.0. The van der Waals surface area contributed by atoms with Gasteiger partial charge < -0.3 is 14.8 Å². The lowest BCUT2D eigenvalue weighted by Crippen LogP contribution is -2.25. The number of benzene rings is 2. The predicted octanol–water partition coefficient (Wildman–Crippen LogP) is 3.87. The average Bonchev–Trinajstić information content (AvgIpc) is 2.92. The topological polar surface area (TPSA) is 30.5 Å². The minimum atomic E-state index is 0.253. The highest BCUT2D eigenvalue weighted by molar-refractivity contribution is 5.39. The second-order valence-corrected chi connectivity index (χ2v) is 5.29. The highest BCUT2D eigenvalue weighted by Gasteiger charge is 2.24. The molecule has 0 aromatic heterocycles. The molecule has 1 N–H and O–H groups in total. The van der Waals surface area contributed by atoms with E-state index >= 15 is 0 Å². The van der Waals surface area contributed by atoms with Crippen LogP contribution in [-0.2, 0) is 0 Å². The van der Waals surface area contributed by atoms with Gasteiger partial charge in [0.05, 0.1) is 12.6 Å². The molecule has 0 fully saturated rings. The van der Waals surface area contributed by atoms with Gasteiger partial charge in [-0.1, -0.05) is 30.3 Å². The van der Waals surface area contributed by atoms with Crippen molar-refractivity contribution in [2.75, 3.05) is 13.2 Å². The largest absolute Gasteiger partial charge is 0.494 e. The second-order valence-electron chi connectivity index (χ2n) is 5.29. The van der Waals surface area contributed by atoms with Gasteiger partial charge in [0, 0.05) is 11.6 Å². The van der Waals surface area contributed by atoms with Gasteiger partial charge in [-0.25, -0.2) is 0 Å². The van der Waals surface area contributed by atoms with Crippen molar-refractivity contribution in [2.24, 2.45) is 0 Å². The highest BCUT2D eigenvalue weighted by atomic mass is 16.5. The Labute approximate surface area is 125 Å². The van der Waals surface area contributed by atoms with E-state index in [1.54, 1.807) is 0 Å². The van der Waals surface area contributed by atoms with Crippen molar-refractivity contribution >= 4 is 0 Å². The first kappa shape index (κ1) is 14.0. The Morgan fingerprint density at radius 1 is 1.19 bits per heavy atom. The molecule has 0 saturated carbocycles. The van der Waals surface area contributed by atoms with Crippen LogP contribution in [0.25, 0.3) is 0 Å². The quantitative estimate of drug-likeness (QED) is 0.903. The predicted molar refractivity (Wildman–Crippen MR) is 83.8 cm³/mol. The Balaban J connectivity index is 1.68. The number of para-hydroxylation sites is 1. The fourth-order valence-electron chi connectivity index (χ4n) is 2.72. The Bertz CT molecular complexity index is 594. The van der Waals surface area contributed by atoms with E-state index in [1.165, 1.54) is 11.1 Å². The molecule has 2 aromatic carbocycles. The van der Waals surface area contributed by atoms with Gasteiger partial charge in [-0.3, -0.25) is 0 Å². The van der Waals surface area contributed by atoms with Gasteiger partial charge in [-0.05, 0) is 37.6 Å². The SMILES string of the molecule is CCOc1ccc(C(C)NC2COc3ccccc32)cc1. The summed E-state index contributed by atoms with van der Waals surface area (Å²) in [7, 11) is 0. The van der Waals surface area contributed by atoms with Gasteiger partial charge in [0.15, 0.2) is 0 Å². The lowest BCUT2D eigenvalue weighted by molar-refractivity contribution is 0.301. The van der Waals surface area contributed by atoms with Gasteiger partial charge in [-0.2, -0.15) is 0 Å². The molecule has 0 amide bonds.